The van der Waals surface area contributed by atoms with Crippen LogP contribution in [0, 0.1) is 0 Å². The van der Waals surface area contributed by atoms with Gasteiger partial charge in [0.05, 0.1) is 18.1 Å². The maximum Gasteiger partial charge on any atom is 0.243 e. The molecule has 0 spiro atoms. The highest BCUT2D eigenvalue weighted by atomic mass is 32.2. The van der Waals surface area contributed by atoms with E-state index in [1.165, 1.54) is 23.6 Å². The van der Waals surface area contributed by atoms with Crippen LogP contribution in [0.1, 0.15) is 44.1 Å². The zero-order valence-electron chi connectivity index (χ0n) is 15.2. The Hall–Kier alpha value is -1.44. The number of rotatable bonds is 6. The number of benzene rings is 1. The first-order valence-corrected chi connectivity index (χ1v) is 11.0. The number of hydrogen-bond acceptors (Lipinski definition) is 4. The Kier molecular flexibility index (Phi) is 6.67. The van der Waals surface area contributed by atoms with E-state index in [4.69, 9.17) is 4.74 Å². The van der Waals surface area contributed by atoms with Crippen LogP contribution in [0.2, 0.25) is 0 Å². The Bertz CT molecular complexity index is 691. The molecule has 1 aromatic rings. The second-order valence-corrected chi connectivity index (χ2v) is 9.00. The molecule has 6 nitrogen and oxygen atoms in total. The van der Waals surface area contributed by atoms with Gasteiger partial charge in [-0.15, -0.1) is 0 Å². The molecule has 1 saturated heterocycles. The van der Waals surface area contributed by atoms with Crippen LogP contribution < -0.4 is 5.32 Å². The monoisotopic (exact) mass is 380 g/mol. The summed E-state index contributed by atoms with van der Waals surface area (Å²) >= 11 is 0. The Labute approximate surface area is 156 Å². The predicted molar refractivity (Wildman–Crippen MR) is 99.4 cm³/mol. The molecule has 26 heavy (non-hydrogen) atoms. The first-order valence-electron chi connectivity index (χ1n) is 9.52. The maximum absolute atomic E-state index is 12.6. The van der Waals surface area contributed by atoms with Crippen LogP contribution in [0.4, 0.5) is 0 Å². The zero-order valence-corrected chi connectivity index (χ0v) is 16.0. The average molecular weight is 381 g/mol. The highest BCUT2D eigenvalue weighted by molar-refractivity contribution is 7.89. The number of ether oxygens (including phenoxy) is 1. The van der Waals surface area contributed by atoms with Gasteiger partial charge in [0, 0.05) is 25.6 Å². The van der Waals surface area contributed by atoms with Crippen molar-refractivity contribution in [2.75, 3.05) is 26.3 Å². The van der Waals surface area contributed by atoms with Crippen molar-refractivity contribution in [3.05, 3.63) is 29.8 Å². The van der Waals surface area contributed by atoms with Crippen molar-refractivity contribution >= 4 is 15.9 Å². The van der Waals surface area contributed by atoms with E-state index in [1.54, 1.807) is 24.3 Å². The molecule has 0 radical (unpaired) electrons. The highest BCUT2D eigenvalue weighted by Gasteiger charge is 2.26. The number of nitrogens with one attached hydrogen (secondary N) is 1. The largest absolute Gasteiger partial charge is 0.379 e. The van der Waals surface area contributed by atoms with Gasteiger partial charge >= 0.3 is 0 Å². The molecule has 144 valence electrons. The maximum atomic E-state index is 12.6. The van der Waals surface area contributed by atoms with Gasteiger partial charge in [-0.25, -0.2) is 8.42 Å². The minimum atomic E-state index is -3.46. The van der Waals surface area contributed by atoms with E-state index < -0.39 is 10.0 Å². The van der Waals surface area contributed by atoms with Crippen molar-refractivity contribution in [3.8, 4) is 0 Å². The number of aryl methyl sites for hydroxylation is 1. The summed E-state index contributed by atoms with van der Waals surface area (Å²) in [5, 5.41) is 3.11. The molecule has 1 saturated carbocycles. The number of morpholine rings is 1. The second kappa shape index (κ2) is 8.97. The second-order valence-electron chi connectivity index (χ2n) is 7.06. The smallest absolute Gasteiger partial charge is 0.243 e. The van der Waals surface area contributed by atoms with Crippen LogP contribution in [-0.2, 0) is 26.0 Å². The summed E-state index contributed by atoms with van der Waals surface area (Å²) in [5.41, 5.74) is 0.977. The molecule has 2 aliphatic rings. The summed E-state index contributed by atoms with van der Waals surface area (Å²) in [6, 6.07) is 7.22. The SMILES string of the molecule is O=C(CCc1ccc(S(=O)(=O)N2CCOCC2)cc1)NC1CCCCC1. The molecule has 1 heterocycles. The van der Waals surface area contributed by atoms with Gasteiger partial charge in [0.15, 0.2) is 0 Å². The number of hydrogen-bond donors (Lipinski definition) is 1. The van der Waals surface area contributed by atoms with Crippen molar-refractivity contribution in [1.29, 1.82) is 0 Å². The van der Waals surface area contributed by atoms with Crippen LogP contribution in [0.25, 0.3) is 0 Å². The van der Waals surface area contributed by atoms with Crippen molar-refractivity contribution in [2.45, 2.75) is 55.9 Å². The zero-order chi connectivity index (χ0) is 18.4. The molecule has 1 aliphatic carbocycles. The molecule has 0 unspecified atom stereocenters. The van der Waals surface area contributed by atoms with Gasteiger partial charge in [-0.1, -0.05) is 31.4 Å². The van der Waals surface area contributed by atoms with E-state index in [2.05, 4.69) is 5.32 Å². The van der Waals surface area contributed by atoms with Crippen molar-refractivity contribution in [2.24, 2.45) is 0 Å². The number of nitrogens with zero attached hydrogens (tertiary/aromatic N) is 1. The molecule has 7 heteroatoms. The lowest BCUT2D eigenvalue weighted by Gasteiger charge is -2.26. The van der Waals surface area contributed by atoms with Gasteiger partial charge in [-0.3, -0.25) is 4.79 Å². The Morgan fingerprint density at radius 2 is 1.73 bits per heavy atom. The lowest BCUT2D eigenvalue weighted by atomic mass is 9.95. The number of carbonyl (C=O) groups excluding carboxylic acids is 1. The first-order chi connectivity index (χ1) is 12.6. The van der Waals surface area contributed by atoms with Gasteiger partial charge in [0.25, 0.3) is 0 Å². The van der Waals surface area contributed by atoms with Crippen molar-refractivity contribution in [3.63, 3.8) is 0 Å². The highest BCUT2D eigenvalue weighted by Crippen LogP contribution is 2.19. The van der Waals surface area contributed by atoms with E-state index in [-0.39, 0.29) is 5.91 Å². The van der Waals surface area contributed by atoms with E-state index in [0.29, 0.717) is 50.1 Å². The third-order valence-corrected chi connectivity index (χ3v) is 7.06. The van der Waals surface area contributed by atoms with Crippen LogP contribution >= 0.6 is 0 Å². The van der Waals surface area contributed by atoms with Gasteiger partial charge in [-0.2, -0.15) is 4.31 Å². The molecule has 3 rings (SSSR count). The molecular formula is C19H28N2O4S. The Balaban J connectivity index is 1.51. The number of sulfonamides is 1. The fraction of sp³-hybridized carbons (Fsp3) is 0.632. The molecule has 1 aliphatic heterocycles. The van der Waals surface area contributed by atoms with Crippen molar-refractivity contribution in [1.82, 2.24) is 9.62 Å². The molecule has 0 atom stereocenters. The summed E-state index contributed by atoms with van der Waals surface area (Å²) < 4.78 is 31.9. The molecular weight excluding hydrogens is 352 g/mol. The minimum Gasteiger partial charge on any atom is -0.379 e. The van der Waals surface area contributed by atoms with Gasteiger partial charge < -0.3 is 10.1 Å². The van der Waals surface area contributed by atoms with Crippen LogP contribution in [0.5, 0.6) is 0 Å². The Morgan fingerprint density at radius 3 is 2.38 bits per heavy atom. The Morgan fingerprint density at radius 1 is 1.08 bits per heavy atom. The molecule has 2 fully saturated rings. The molecule has 1 aromatic carbocycles. The summed E-state index contributed by atoms with van der Waals surface area (Å²) in [7, 11) is -3.46. The lowest BCUT2D eigenvalue weighted by molar-refractivity contribution is -0.121. The predicted octanol–water partition coefficient (Wildman–Crippen LogP) is 2.09. The number of carbonyl (C=O) groups is 1. The fourth-order valence-corrected chi connectivity index (χ4v) is 4.98. The van der Waals surface area contributed by atoms with Crippen LogP contribution in [-0.4, -0.2) is 51.0 Å². The van der Waals surface area contributed by atoms with Gasteiger partial charge in [-0.05, 0) is 37.0 Å². The van der Waals surface area contributed by atoms with E-state index in [9.17, 15) is 13.2 Å². The summed E-state index contributed by atoms with van der Waals surface area (Å²) in [5.74, 6) is 0.0851. The third-order valence-electron chi connectivity index (χ3n) is 5.14. The summed E-state index contributed by atoms with van der Waals surface area (Å²) in [6.45, 7) is 1.66. The summed E-state index contributed by atoms with van der Waals surface area (Å²) in [6.07, 6.45) is 6.89. The minimum absolute atomic E-state index is 0.0851. The summed E-state index contributed by atoms with van der Waals surface area (Å²) in [4.78, 5) is 12.4. The normalized spacial score (nSPS) is 20.0. The third kappa shape index (κ3) is 5.05. The van der Waals surface area contributed by atoms with Crippen LogP contribution in [0.15, 0.2) is 29.2 Å². The quantitative estimate of drug-likeness (QED) is 0.820. The fourth-order valence-electron chi connectivity index (χ4n) is 3.57. The van der Waals surface area contributed by atoms with Gasteiger partial charge in [0.1, 0.15) is 0 Å². The van der Waals surface area contributed by atoms with E-state index >= 15 is 0 Å². The molecule has 1 N–H and O–H groups in total. The molecule has 0 bridgehead atoms. The topological polar surface area (TPSA) is 75.7 Å². The first kappa shape index (κ1) is 19.3. The van der Waals surface area contributed by atoms with Gasteiger partial charge in [0.2, 0.25) is 15.9 Å². The van der Waals surface area contributed by atoms with Crippen LogP contribution in [0.3, 0.4) is 0 Å². The molecule has 0 aromatic heterocycles. The van der Waals surface area contributed by atoms with Crippen molar-refractivity contribution < 1.29 is 17.9 Å². The number of amides is 1. The standard InChI is InChI=1S/C19H28N2O4S/c22-19(20-17-4-2-1-3-5-17)11-8-16-6-9-18(10-7-16)26(23,24)21-12-14-25-15-13-21/h6-7,9-10,17H,1-5,8,11-15H2,(H,20,22). The van der Waals surface area contributed by atoms with E-state index in [1.807, 2.05) is 0 Å². The van der Waals surface area contributed by atoms with E-state index in [0.717, 1.165) is 18.4 Å². The average Bonchev–Trinajstić information content (AvgIpc) is 2.68. The molecule has 1 amide bonds. The lowest BCUT2D eigenvalue weighted by Crippen LogP contribution is -2.40.